The van der Waals surface area contributed by atoms with Gasteiger partial charge in [0.25, 0.3) is 11.0 Å². The molecule has 1 atom stereocenters. The van der Waals surface area contributed by atoms with Gasteiger partial charge in [-0.25, -0.2) is 0 Å². The van der Waals surface area contributed by atoms with Gasteiger partial charge in [-0.15, -0.1) is 0 Å². The van der Waals surface area contributed by atoms with Crippen molar-refractivity contribution >= 4 is 17.5 Å². The first kappa shape index (κ1) is 17.0. The highest BCUT2D eigenvalue weighted by molar-refractivity contribution is 6.26. The molecule has 2 aliphatic rings. The van der Waals surface area contributed by atoms with Gasteiger partial charge in [0.05, 0.1) is 0 Å². The number of amides is 1. The molecule has 1 saturated heterocycles. The maximum absolute atomic E-state index is 12.7. The predicted molar refractivity (Wildman–Crippen MR) is 101 cm³/mol. The third kappa shape index (κ3) is 3.06. The van der Waals surface area contributed by atoms with Crippen molar-refractivity contribution in [3.8, 4) is 0 Å². The molecule has 0 aliphatic carbocycles. The average Bonchev–Trinajstić information content (AvgIpc) is 2.72. The standard InChI is InChI=1S/C21H21ClN2O2/c22-21(17-12-6-2-7-13-17)18(20(26-21)24-14-8-3-9-15-24)23-19(25)16-10-4-1-5-11-16/h1-2,4-7,10-13H,3,8-9,14-15H2,(H,23,25). The molecular formula is C21H21ClN2O2. The number of nitrogens with zero attached hydrogens (tertiary/aromatic N) is 1. The molecule has 1 N–H and O–H groups in total. The van der Waals surface area contributed by atoms with E-state index >= 15 is 0 Å². The van der Waals surface area contributed by atoms with E-state index in [0.29, 0.717) is 17.1 Å². The van der Waals surface area contributed by atoms with E-state index in [9.17, 15) is 4.79 Å². The van der Waals surface area contributed by atoms with Crippen molar-refractivity contribution in [1.82, 2.24) is 10.2 Å². The second-order valence-corrected chi connectivity index (χ2v) is 7.14. The number of alkyl halides is 1. The molecule has 0 spiro atoms. The molecule has 1 fully saturated rings. The Bertz CT molecular complexity index is 816. The molecular weight excluding hydrogens is 348 g/mol. The van der Waals surface area contributed by atoms with E-state index in [1.165, 1.54) is 6.42 Å². The summed E-state index contributed by atoms with van der Waals surface area (Å²) in [6.07, 6.45) is 3.46. The van der Waals surface area contributed by atoms with Crippen molar-refractivity contribution in [2.45, 2.75) is 24.3 Å². The lowest BCUT2D eigenvalue weighted by atomic mass is 10.0. The van der Waals surface area contributed by atoms with Crippen LogP contribution in [0.25, 0.3) is 0 Å². The van der Waals surface area contributed by atoms with E-state index < -0.39 is 5.06 Å². The molecule has 1 unspecified atom stereocenters. The van der Waals surface area contributed by atoms with Gasteiger partial charge in [-0.1, -0.05) is 60.1 Å². The molecule has 0 aromatic heterocycles. The van der Waals surface area contributed by atoms with E-state index in [4.69, 9.17) is 16.3 Å². The zero-order chi connectivity index (χ0) is 18.0. The topological polar surface area (TPSA) is 41.6 Å². The number of rotatable bonds is 4. The van der Waals surface area contributed by atoms with Crippen molar-refractivity contribution in [1.29, 1.82) is 0 Å². The minimum atomic E-state index is -1.15. The number of piperidine rings is 1. The number of hydrogen-bond donors (Lipinski definition) is 1. The fourth-order valence-electron chi connectivity index (χ4n) is 3.41. The summed E-state index contributed by atoms with van der Waals surface area (Å²) in [7, 11) is 0. The molecule has 5 heteroatoms. The van der Waals surface area contributed by atoms with Crippen LogP contribution >= 0.6 is 11.6 Å². The first-order chi connectivity index (χ1) is 12.7. The Balaban J connectivity index is 1.67. The van der Waals surface area contributed by atoms with Crippen LogP contribution in [0.2, 0.25) is 0 Å². The van der Waals surface area contributed by atoms with Gasteiger partial charge in [0.2, 0.25) is 5.88 Å². The minimum Gasteiger partial charge on any atom is -0.445 e. The van der Waals surface area contributed by atoms with E-state index in [2.05, 4.69) is 10.2 Å². The normalized spacial score (nSPS) is 22.4. The van der Waals surface area contributed by atoms with Gasteiger partial charge in [-0.2, -0.15) is 0 Å². The SMILES string of the molecule is O=C(NC1=C(N2CCCCC2)OC1(Cl)c1ccccc1)c1ccccc1. The first-order valence-electron chi connectivity index (χ1n) is 8.98. The van der Waals surface area contributed by atoms with Crippen molar-refractivity contribution < 1.29 is 9.53 Å². The predicted octanol–water partition coefficient (Wildman–Crippen LogP) is 4.19. The van der Waals surface area contributed by atoms with Gasteiger partial charge < -0.3 is 15.0 Å². The molecule has 4 nitrogen and oxygen atoms in total. The average molecular weight is 369 g/mol. The van der Waals surface area contributed by atoms with Crippen LogP contribution in [-0.4, -0.2) is 23.9 Å². The van der Waals surface area contributed by atoms with Gasteiger partial charge in [-0.3, -0.25) is 4.79 Å². The first-order valence-corrected chi connectivity index (χ1v) is 9.36. The highest BCUT2D eigenvalue weighted by Crippen LogP contribution is 2.49. The summed E-state index contributed by atoms with van der Waals surface area (Å²) in [5.41, 5.74) is 2.03. The van der Waals surface area contributed by atoms with Crippen LogP contribution < -0.4 is 5.32 Å². The van der Waals surface area contributed by atoms with E-state index in [1.807, 2.05) is 48.5 Å². The van der Waals surface area contributed by atoms with Crippen LogP contribution in [0.5, 0.6) is 0 Å². The highest BCUT2D eigenvalue weighted by atomic mass is 35.5. The second kappa shape index (κ2) is 7.04. The van der Waals surface area contributed by atoms with E-state index in [1.54, 1.807) is 12.1 Å². The number of ether oxygens (including phenoxy) is 1. The number of nitrogens with one attached hydrogen (secondary N) is 1. The number of likely N-dealkylation sites (tertiary alicyclic amines) is 1. The summed E-state index contributed by atoms with van der Waals surface area (Å²) < 4.78 is 6.06. The largest absolute Gasteiger partial charge is 0.445 e. The summed E-state index contributed by atoms with van der Waals surface area (Å²) in [6, 6.07) is 18.7. The number of halogens is 1. The lowest BCUT2D eigenvalue weighted by molar-refractivity contribution is -0.0298. The van der Waals surface area contributed by atoms with Crippen LogP contribution in [0.3, 0.4) is 0 Å². The molecule has 2 aromatic carbocycles. The number of carbonyl (C=O) groups excluding carboxylic acids is 1. The minimum absolute atomic E-state index is 0.181. The molecule has 26 heavy (non-hydrogen) atoms. The molecule has 0 bridgehead atoms. The Morgan fingerprint density at radius 2 is 1.58 bits per heavy atom. The summed E-state index contributed by atoms with van der Waals surface area (Å²) in [6.45, 7) is 1.84. The Labute approximate surface area is 158 Å². The summed E-state index contributed by atoms with van der Waals surface area (Å²) in [5, 5.41) is 1.86. The summed E-state index contributed by atoms with van der Waals surface area (Å²) >= 11 is 6.82. The van der Waals surface area contributed by atoms with Crippen LogP contribution in [-0.2, 0) is 9.80 Å². The Hall–Kier alpha value is -2.46. The van der Waals surface area contributed by atoms with Gasteiger partial charge >= 0.3 is 0 Å². The molecule has 2 heterocycles. The molecule has 0 saturated carbocycles. The molecule has 1 amide bonds. The van der Waals surface area contributed by atoms with Crippen molar-refractivity contribution in [2.75, 3.05) is 13.1 Å². The highest BCUT2D eigenvalue weighted by Gasteiger charge is 2.51. The fourth-order valence-corrected chi connectivity index (χ4v) is 3.74. The van der Waals surface area contributed by atoms with Crippen molar-refractivity contribution in [3.05, 3.63) is 83.4 Å². The Morgan fingerprint density at radius 1 is 0.962 bits per heavy atom. The maximum Gasteiger partial charge on any atom is 0.255 e. The van der Waals surface area contributed by atoms with Crippen LogP contribution in [0.1, 0.15) is 35.2 Å². The van der Waals surface area contributed by atoms with Gasteiger partial charge in [0.15, 0.2) is 0 Å². The van der Waals surface area contributed by atoms with Crippen LogP contribution in [0, 0.1) is 0 Å². The molecule has 2 aromatic rings. The second-order valence-electron chi connectivity index (χ2n) is 6.61. The summed E-state index contributed by atoms with van der Waals surface area (Å²) in [5.74, 6) is 0.507. The Morgan fingerprint density at radius 3 is 2.23 bits per heavy atom. The quantitative estimate of drug-likeness (QED) is 0.822. The molecule has 2 aliphatic heterocycles. The number of hydrogen-bond acceptors (Lipinski definition) is 3. The molecule has 0 radical (unpaired) electrons. The smallest absolute Gasteiger partial charge is 0.255 e. The van der Waals surface area contributed by atoms with Gasteiger partial charge in [0.1, 0.15) is 5.70 Å². The lowest BCUT2D eigenvalue weighted by Crippen LogP contribution is -2.50. The number of carbonyl (C=O) groups is 1. The zero-order valence-electron chi connectivity index (χ0n) is 14.5. The van der Waals surface area contributed by atoms with Crippen molar-refractivity contribution in [2.24, 2.45) is 0 Å². The maximum atomic E-state index is 12.7. The van der Waals surface area contributed by atoms with Crippen LogP contribution in [0.15, 0.2) is 72.2 Å². The van der Waals surface area contributed by atoms with Crippen molar-refractivity contribution in [3.63, 3.8) is 0 Å². The lowest BCUT2D eigenvalue weighted by Gasteiger charge is -2.46. The third-order valence-electron chi connectivity index (χ3n) is 4.84. The summed E-state index contributed by atoms with van der Waals surface area (Å²) in [4.78, 5) is 14.9. The molecule has 4 rings (SSSR count). The monoisotopic (exact) mass is 368 g/mol. The molecule has 134 valence electrons. The zero-order valence-corrected chi connectivity index (χ0v) is 15.2. The van der Waals surface area contributed by atoms with Gasteiger partial charge in [0, 0.05) is 24.2 Å². The van der Waals surface area contributed by atoms with Gasteiger partial charge in [-0.05, 0) is 31.4 Å². The van der Waals surface area contributed by atoms with E-state index in [-0.39, 0.29) is 5.91 Å². The Kier molecular flexibility index (Phi) is 4.60. The van der Waals surface area contributed by atoms with Crippen LogP contribution in [0.4, 0.5) is 0 Å². The van der Waals surface area contributed by atoms with E-state index in [0.717, 1.165) is 31.5 Å². The fraction of sp³-hybridized carbons (Fsp3) is 0.286. The number of benzene rings is 2. The third-order valence-corrected chi connectivity index (χ3v) is 5.32.